The average Bonchev–Trinajstić information content (AvgIpc) is 2.87. The molecular weight excluding hydrogens is 335 g/mol. The molecule has 0 unspecified atom stereocenters. The van der Waals surface area contributed by atoms with E-state index in [2.05, 4.69) is 38.3 Å². The zero-order chi connectivity index (χ0) is 14.8. The van der Waals surface area contributed by atoms with Crippen LogP contribution in [0.4, 0.5) is 10.2 Å². The minimum atomic E-state index is -0.286. The van der Waals surface area contributed by atoms with Gasteiger partial charge in [-0.15, -0.1) is 0 Å². The van der Waals surface area contributed by atoms with Gasteiger partial charge in [-0.2, -0.15) is 9.61 Å². The van der Waals surface area contributed by atoms with Crippen LogP contribution in [0.2, 0.25) is 0 Å². The van der Waals surface area contributed by atoms with Crippen LogP contribution in [0.5, 0.6) is 0 Å². The topological polar surface area (TPSA) is 42.2 Å². The molecule has 3 aromatic rings. The van der Waals surface area contributed by atoms with Crippen LogP contribution in [-0.4, -0.2) is 21.1 Å². The van der Waals surface area contributed by atoms with Crippen molar-refractivity contribution >= 4 is 27.4 Å². The van der Waals surface area contributed by atoms with Crippen molar-refractivity contribution in [3.8, 4) is 11.3 Å². The highest BCUT2D eigenvalue weighted by Gasteiger charge is 2.13. The smallest absolute Gasteiger partial charge is 0.172 e. The molecule has 0 atom stereocenters. The van der Waals surface area contributed by atoms with Crippen molar-refractivity contribution in [2.24, 2.45) is 0 Å². The highest BCUT2D eigenvalue weighted by atomic mass is 79.9. The third kappa shape index (κ3) is 2.63. The maximum Gasteiger partial charge on any atom is 0.172 e. The predicted molar refractivity (Wildman–Crippen MR) is 84.9 cm³/mol. The van der Waals surface area contributed by atoms with E-state index in [1.54, 1.807) is 28.9 Å². The molecule has 0 aliphatic carbocycles. The molecule has 0 fully saturated rings. The van der Waals surface area contributed by atoms with Gasteiger partial charge in [0.25, 0.3) is 0 Å². The standard InChI is InChI=1S/C15H14BrFN4/c1-2-7-18-14-8-13(10-5-3-4-6-12(10)17)20-15-11(16)9-19-21(14)15/h3-6,8-9,18H,2,7H2,1H3. The zero-order valence-electron chi connectivity index (χ0n) is 11.5. The Morgan fingerprint density at radius 2 is 2.14 bits per heavy atom. The van der Waals surface area contributed by atoms with E-state index in [9.17, 15) is 4.39 Å². The molecule has 0 saturated heterocycles. The van der Waals surface area contributed by atoms with Crippen molar-refractivity contribution in [3.63, 3.8) is 0 Å². The minimum absolute atomic E-state index is 0.286. The largest absolute Gasteiger partial charge is 0.370 e. The van der Waals surface area contributed by atoms with E-state index >= 15 is 0 Å². The molecule has 0 aliphatic rings. The maximum atomic E-state index is 14.0. The Hall–Kier alpha value is -1.95. The number of halogens is 2. The molecule has 0 amide bonds. The van der Waals surface area contributed by atoms with E-state index in [-0.39, 0.29) is 5.82 Å². The second kappa shape index (κ2) is 5.81. The molecule has 0 saturated carbocycles. The summed E-state index contributed by atoms with van der Waals surface area (Å²) in [6, 6.07) is 8.45. The first-order valence-corrected chi connectivity index (χ1v) is 7.53. The van der Waals surface area contributed by atoms with Crippen LogP contribution in [0.25, 0.3) is 16.9 Å². The number of fused-ring (bicyclic) bond motifs is 1. The lowest BCUT2D eigenvalue weighted by molar-refractivity contribution is 0.630. The Morgan fingerprint density at radius 3 is 2.90 bits per heavy atom. The van der Waals surface area contributed by atoms with Crippen LogP contribution in [0, 0.1) is 5.82 Å². The molecule has 0 aliphatic heterocycles. The summed E-state index contributed by atoms with van der Waals surface area (Å²) < 4.78 is 16.5. The van der Waals surface area contributed by atoms with Crippen molar-refractivity contribution in [1.82, 2.24) is 14.6 Å². The Kier molecular flexibility index (Phi) is 3.88. The van der Waals surface area contributed by atoms with E-state index in [0.29, 0.717) is 16.9 Å². The number of anilines is 1. The first kappa shape index (κ1) is 14.0. The van der Waals surface area contributed by atoms with Crippen LogP contribution in [0.3, 0.4) is 0 Å². The molecule has 3 rings (SSSR count). The zero-order valence-corrected chi connectivity index (χ0v) is 13.1. The van der Waals surface area contributed by atoms with Gasteiger partial charge >= 0.3 is 0 Å². The van der Waals surface area contributed by atoms with Gasteiger partial charge in [0, 0.05) is 18.2 Å². The molecule has 108 valence electrons. The molecule has 1 N–H and O–H groups in total. The number of benzene rings is 1. The molecule has 2 heterocycles. The van der Waals surface area contributed by atoms with Gasteiger partial charge in [-0.25, -0.2) is 9.37 Å². The summed E-state index contributed by atoms with van der Waals surface area (Å²) in [6.07, 6.45) is 2.67. The monoisotopic (exact) mass is 348 g/mol. The Bertz CT molecular complexity index is 784. The number of rotatable bonds is 4. The second-order valence-electron chi connectivity index (χ2n) is 4.66. The molecule has 0 radical (unpaired) electrons. The first-order chi connectivity index (χ1) is 10.2. The third-order valence-corrected chi connectivity index (χ3v) is 3.69. The van der Waals surface area contributed by atoms with E-state index in [1.807, 2.05) is 6.07 Å². The van der Waals surface area contributed by atoms with Gasteiger partial charge in [-0.1, -0.05) is 19.1 Å². The first-order valence-electron chi connectivity index (χ1n) is 6.73. The maximum absolute atomic E-state index is 14.0. The Balaban J connectivity index is 2.19. The fraction of sp³-hybridized carbons (Fsp3) is 0.200. The average molecular weight is 349 g/mol. The predicted octanol–water partition coefficient (Wildman–Crippen LogP) is 4.12. The van der Waals surface area contributed by atoms with Gasteiger partial charge in [0.2, 0.25) is 0 Å². The van der Waals surface area contributed by atoms with E-state index in [1.165, 1.54) is 6.07 Å². The SMILES string of the molecule is CCCNc1cc(-c2ccccc2F)nc2c(Br)cnn12. The van der Waals surface area contributed by atoms with Gasteiger partial charge in [0.05, 0.1) is 16.4 Å². The third-order valence-electron chi connectivity index (χ3n) is 3.13. The number of nitrogens with one attached hydrogen (secondary N) is 1. The van der Waals surface area contributed by atoms with Crippen LogP contribution in [-0.2, 0) is 0 Å². The molecule has 21 heavy (non-hydrogen) atoms. The van der Waals surface area contributed by atoms with Crippen molar-refractivity contribution in [2.45, 2.75) is 13.3 Å². The Morgan fingerprint density at radius 1 is 1.33 bits per heavy atom. The van der Waals surface area contributed by atoms with Gasteiger partial charge in [-0.3, -0.25) is 0 Å². The van der Waals surface area contributed by atoms with E-state index in [4.69, 9.17) is 0 Å². The highest BCUT2D eigenvalue weighted by Crippen LogP contribution is 2.27. The highest BCUT2D eigenvalue weighted by molar-refractivity contribution is 9.10. The summed E-state index contributed by atoms with van der Waals surface area (Å²) in [7, 11) is 0. The van der Waals surface area contributed by atoms with Crippen molar-refractivity contribution in [1.29, 1.82) is 0 Å². The normalized spacial score (nSPS) is 11.0. The number of nitrogens with zero attached hydrogens (tertiary/aromatic N) is 3. The number of hydrogen-bond acceptors (Lipinski definition) is 3. The van der Waals surface area contributed by atoms with Gasteiger partial charge in [0.15, 0.2) is 5.65 Å². The van der Waals surface area contributed by atoms with Crippen molar-refractivity contribution < 1.29 is 4.39 Å². The van der Waals surface area contributed by atoms with Crippen LogP contribution < -0.4 is 5.32 Å². The van der Waals surface area contributed by atoms with E-state index in [0.717, 1.165) is 23.3 Å². The van der Waals surface area contributed by atoms with Crippen molar-refractivity contribution in [3.05, 3.63) is 46.8 Å². The molecule has 1 aromatic carbocycles. The molecule has 2 aromatic heterocycles. The van der Waals surface area contributed by atoms with Gasteiger partial charge in [0.1, 0.15) is 11.6 Å². The number of hydrogen-bond donors (Lipinski definition) is 1. The van der Waals surface area contributed by atoms with Gasteiger partial charge < -0.3 is 5.32 Å². The quantitative estimate of drug-likeness (QED) is 0.771. The molecule has 4 nitrogen and oxygen atoms in total. The fourth-order valence-corrected chi connectivity index (χ4v) is 2.47. The molecule has 0 bridgehead atoms. The lowest BCUT2D eigenvalue weighted by atomic mass is 10.1. The van der Waals surface area contributed by atoms with Crippen LogP contribution in [0.15, 0.2) is 41.0 Å². The summed E-state index contributed by atoms with van der Waals surface area (Å²) in [5.41, 5.74) is 1.72. The van der Waals surface area contributed by atoms with Crippen LogP contribution >= 0.6 is 15.9 Å². The second-order valence-corrected chi connectivity index (χ2v) is 5.52. The summed E-state index contributed by atoms with van der Waals surface area (Å²) in [6.45, 7) is 2.90. The summed E-state index contributed by atoms with van der Waals surface area (Å²) in [4.78, 5) is 4.51. The van der Waals surface area contributed by atoms with E-state index < -0.39 is 0 Å². The van der Waals surface area contributed by atoms with Gasteiger partial charge in [-0.05, 0) is 34.5 Å². The molecule has 6 heteroatoms. The summed E-state index contributed by atoms with van der Waals surface area (Å²) >= 11 is 3.43. The Labute approximate surface area is 130 Å². The summed E-state index contributed by atoms with van der Waals surface area (Å²) in [5, 5.41) is 7.58. The molecular formula is C15H14BrFN4. The molecule has 0 spiro atoms. The fourth-order valence-electron chi connectivity index (χ4n) is 2.12. The lowest BCUT2D eigenvalue weighted by Crippen LogP contribution is -2.07. The number of aromatic nitrogens is 3. The minimum Gasteiger partial charge on any atom is -0.370 e. The van der Waals surface area contributed by atoms with Crippen LogP contribution in [0.1, 0.15) is 13.3 Å². The lowest BCUT2D eigenvalue weighted by Gasteiger charge is -2.10. The summed E-state index contributed by atoms with van der Waals surface area (Å²) in [5.74, 6) is 0.511. The van der Waals surface area contributed by atoms with Crippen molar-refractivity contribution in [2.75, 3.05) is 11.9 Å².